The molecule has 1 aliphatic heterocycles. The number of benzene rings is 2. The monoisotopic (exact) mass is 443 g/mol. The molecule has 0 aliphatic carbocycles. The molecule has 1 amide bonds. The molecule has 9 nitrogen and oxygen atoms in total. The number of rotatable bonds is 6. The van der Waals surface area contributed by atoms with Gasteiger partial charge in [0.15, 0.2) is 0 Å². The van der Waals surface area contributed by atoms with Crippen LogP contribution in [0, 0.1) is 0 Å². The fourth-order valence-corrected chi connectivity index (χ4v) is 4.50. The number of nitrogens with zero attached hydrogens (tertiary/aromatic N) is 3. The van der Waals surface area contributed by atoms with E-state index in [1.165, 1.54) is 19.1 Å². The van der Waals surface area contributed by atoms with Crippen molar-refractivity contribution < 1.29 is 27.1 Å². The average Bonchev–Trinajstić information content (AvgIpc) is 3.29. The SMILES string of the molecule is COc1ccc(OC)c(-c2nnc(S(=O)(=O)CC(=O)N3CCCc4ccccc43)o2)c1. The van der Waals surface area contributed by atoms with Gasteiger partial charge in [0.2, 0.25) is 15.7 Å². The Labute approximate surface area is 179 Å². The maximum Gasteiger partial charge on any atom is 0.336 e. The number of para-hydroxylation sites is 1. The van der Waals surface area contributed by atoms with Crippen LogP contribution in [0.15, 0.2) is 52.1 Å². The summed E-state index contributed by atoms with van der Waals surface area (Å²) >= 11 is 0. The van der Waals surface area contributed by atoms with Crippen molar-refractivity contribution in [2.24, 2.45) is 0 Å². The van der Waals surface area contributed by atoms with Crippen LogP contribution in [-0.2, 0) is 21.1 Å². The molecule has 0 atom stereocenters. The van der Waals surface area contributed by atoms with Crippen LogP contribution in [0.1, 0.15) is 12.0 Å². The second-order valence-corrected chi connectivity index (χ2v) is 8.84. The Kier molecular flexibility index (Phi) is 5.64. The van der Waals surface area contributed by atoms with Crippen LogP contribution in [-0.4, -0.2) is 51.0 Å². The van der Waals surface area contributed by atoms with E-state index in [4.69, 9.17) is 13.9 Å². The molecule has 0 unspecified atom stereocenters. The fourth-order valence-electron chi connectivity index (χ4n) is 3.52. The van der Waals surface area contributed by atoms with E-state index in [-0.39, 0.29) is 5.89 Å². The number of methoxy groups -OCH3 is 2. The smallest absolute Gasteiger partial charge is 0.336 e. The van der Waals surface area contributed by atoms with E-state index in [0.29, 0.717) is 23.6 Å². The van der Waals surface area contributed by atoms with Crippen molar-refractivity contribution in [3.63, 3.8) is 0 Å². The number of sulfone groups is 1. The van der Waals surface area contributed by atoms with Crippen molar-refractivity contribution in [2.75, 3.05) is 31.4 Å². The number of fused-ring (bicyclic) bond motifs is 1. The normalized spacial score (nSPS) is 13.5. The van der Waals surface area contributed by atoms with Gasteiger partial charge in [-0.1, -0.05) is 23.3 Å². The number of aryl methyl sites for hydroxylation is 1. The van der Waals surface area contributed by atoms with Crippen molar-refractivity contribution in [1.82, 2.24) is 10.2 Å². The molecule has 0 radical (unpaired) electrons. The van der Waals surface area contributed by atoms with Crippen LogP contribution in [0.4, 0.5) is 5.69 Å². The number of aromatic nitrogens is 2. The van der Waals surface area contributed by atoms with Crippen LogP contribution >= 0.6 is 0 Å². The zero-order valence-electron chi connectivity index (χ0n) is 17.1. The van der Waals surface area contributed by atoms with Crippen LogP contribution in [0.3, 0.4) is 0 Å². The first-order chi connectivity index (χ1) is 14.9. The molecule has 0 fully saturated rings. The summed E-state index contributed by atoms with van der Waals surface area (Å²) in [6.07, 6.45) is 1.62. The Morgan fingerprint density at radius 3 is 2.71 bits per heavy atom. The first-order valence-corrected chi connectivity index (χ1v) is 11.2. The predicted molar refractivity (Wildman–Crippen MR) is 112 cm³/mol. The molecule has 1 aliphatic rings. The van der Waals surface area contributed by atoms with Crippen molar-refractivity contribution in [2.45, 2.75) is 18.1 Å². The highest BCUT2D eigenvalue weighted by atomic mass is 32.2. The Balaban J connectivity index is 1.59. The lowest BCUT2D eigenvalue weighted by Crippen LogP contribution is -2.39. The van der Waals surface area contributed by atoms with Gasteiger partial charge < -0.3 is 18.8 Å². The summed E-state index contributed by atoms with van der Waals surface area (Å²) in [4.78, 5) is 14.3. The van der Waals surface area contributed by atoms with E-state index in [0.717, 1.165) is 24.1 Å². The minimum absolute atomic E-state index is 0.0508. The molecule has 4 rings (SSSR count). The summed E-state index contributed by atoms with van der Waals surface area (Å²) in [6, 6.07) is 12.4. The first-order valence-electron chi connectivity index (χ1n) is 9.60. The molecular weight excluding hydrogens is 422 g/mol. The summed E-state index contributed by atoms with van der Waals surface area (Å²) in [5.74, 6) is -0.430. The highest BCUT2D eigenvalue weighted by Gasteiger charge is 2.31. The number of anilines is 1. The van der Waals surface area contributed by atoms with Gasteiger partial charge >= 0.3 is 5.22 Å². The Hall–Kier alpha value is -3.40. The Bertz CT molecular complexity index is 1220. The second kappa shape index (κ2) is 8.38. The predicted octanol–water partition coefficient (Wildman–Crippen LogP) is 2.51. The molecule has 1 aromatic heterocycles. The number of carbonyl (C=O) groups excluding carboxylic acids is 1. The molecule has 162 valence electrons. The van der Waals surface area contributed by atoms with E-state index in [1.807, 2.05) is 24.3 Å². The molecule has 2 aromatic carbocycles. The molecule has 0 N–H and O–H groups in total. The number of hydrogen-bond donors (Lipinski definition) is 0. The maximum atomic E-state index is 12.8. The van der Waals surface area contributed by atoms with Gasteiger partial charge in [-0.15, -0.1) is 5.10 Å². The average molecular weight is 443 g/mol. The third-order valence-electron chi connectivity index (χ3n) is 5.03. The van der Waals surface area contributed by atoms with Gasteiger partial charge in [0.05, 0.1) is 19.8 Å². The van der Waals surface area contributed by atoms with Crippen molar-refractivity contribution in [3.05, 3.63) is 48.0 Å². The molecule has 3 aromatic rings. The second-order valence-electron chi connectivity index (χ2n) is 6.98. The molecule has 2 heterocycles. The van der Waals surface area contributed by atoms with Gasteiger partial charge in [-0.2, -0.15) is 0 Å². The molecule has 0 saturated heterocycles. The van der Waals surface area contributed by atoms with Crippen LogP contribution < -0.4 is 14.4 Å². The largest absolute Gasteiger partial charge is 0.497 e. The number of carbonyl (C=O) groups is 1. The third-order valence-corrected chi connectivity index (χ3v) is 6.36. The van der Waals surface area contributed by atoms with Crippen LogP contribution in [0.2, 0.25) is 0 Å². The summed E-state index contributed by atoms with van der Waals surface area (Å²) in [5, 5.41) is 6.88. The van der Waals surface area contributed by atoms with Crippen molar-refractivity contribution >= 4 is 21.4 Å². The van der Waals surface area contributed by atoms with Gasteiger partial charge in [0, 0.05) is 12.2 Å². The van der Waals surface area contributed by atoms with Gasteiger partial charge in [-0.05, 0) is 42.7 Å². The van der Waals surface area contributed by atoms with Gasteiger partial charge in [-0.25, -0.2) is 8.42 Å². The zero-order chi connectivity index (χ0) is 22.0. The lowest BCUT2D eigenvalue weighted by molar-refractivity contribution is -0.116. The molecule has 0 saturated carbocycles. The third kappa shape index (κ3) is 4.11. The molecule has 31 heavy (non-hydrogen) atoms. The highest BCUT2D eigenvalue weighted by Crippen LogP contribution is 2.33. The maximum absolute atomic E-state index is 12.8. The Morgan fingerprint density at radius 2 is 1.94 bits per heavy atom. The van der Waals surface area contributed by atoms with Crippen molar-refractivity contribution in [1.29, 1.82) is 0 Å². The number of ether oxygens (including phenoxy) is 2. The number of hydrogen-bond acceptors (Lipinski definition) is 8. The Morgan fingerprint density at radius 1 is 1.13 bits per heavy atom. The molecule has 10 heteroatoms. The highest BCUT2D eigenvalue weighted by molar-refractivity contribution is 7.91. The van der Waals surface area contributed by atoms with Gasteiger partial charge in [-0.3, -0.25) is 4.79 Å². The standard InChI is InChI=1S/C21H21N3O6S/c1-28-15-9-10-18(29-2)16(12-15)20-22-23-21(30-20)31(26,27)13-19(25)24-11-5-7-14-6-3-4-8-17(14)24/h3-4,6,8-10,12H,5,7,11,13H2,1-2H3. The number of amides is 1. The van der Waals surface area contributed by atoms with E-state index in [9.17, 15) is 13.2 Å². The summed E-state index contributed by atoms with van der Waals surface area (Å²) in [6.45, 7) is 0.460. The zero-order valence-corrected chi connectivity index (χ0v) is 17.9. The van der Waals surface area contributed by atoms with E-state index < -0.39 is 26.7 Å². The summed E-state index contributed by atoms with van der Waals surface area (Å²) in [5.41, 5.74) is 2.14. The van der Waals surface area contributed by atoms with Crippen molar-refractivity contribution in [3.8, 4) is 23.0 Å². The van der Waals surface area contributed by atoms with E-state index in [1.54, 1.807) is 18.2 Å². The minimum Gasteiger partial charge on any atom is -0.497 e. The molecule has 0 spiro atoms. The quantitative estimate of drug-likeness (QED) is 0.571. The molecule has 0 bridgehead atoms. The van der Waals surface area contributed by atoms with E-state index >= 15 is 0 Å². The summed E-state index contributed by atoms with van der Waals surface area (Å²) < 4.78 is 41.5. The van der Waals surface area contributed by atoms with Crippen LogP contribution in [0.5, 0.6) is 11.5 Å². The lowest BCUT2D eigenvalue weighted by Gasteiger charge is -2.29. The first kappa shape index (κ1) is 20.9. The topological polar surface area (TPSA) is 112 Å². The van der Waals surface area contributed by atoms with E-state index in [2.05, 4.69) is 10.2 Å². The lowest BCUT2D eigenvalue weighted by atomic mass is 10.0. The minimum atomic E-state index is -4.14. The van der Waals surface area contributed by atoms with Gasteiger partial charge in [0.25, 0.3) is 5.89 Å². The molecular formula is C21H21N3O6S. The van der Waals surface area contributed by atoms with Crippen LogP contribution in [0.25, 0.3) is 11.5 Å². The summed E-state index contributed by atoms with van der Waals surface area (Å²) in [7, 11) is -1.17. The van der Waals surface area contributed by atoms with Gasteiger partial charge in [0.1, 0.15) is 17.3 Å². The fraction of sp³-hybridized carbons (Fsp3) is 0.286.